The number of aryl methyl sites for hydroxylation is 1. The Morgan fingerprint density at radius 2 is 1.38 bits per heavy atom. The number of hydrogen-bond acceptors (Lipinski definition) is 3. The van der Waals surface area contributed by atoms with Gasteiger partial charge in [-0.25, -0.2) is 10.4 Å². The van der Waals surface area contributed by atoms with E-state index < -0.39 is 0 Å². The molecule has 1 aliphatic rings. The van der Waals surface area contributed by atoms with E-state index in [2.05, 4.69) is 17.6 Å². The topological polar surface area (TPSA) is 49.4 Å². The molecule has 0 unspecified atom stereocenters. The molecule has 0 bridgehead atoms. The van der Waals surface area contributed by atoms with Gasteiger partial charge in [0.15, 0.2) is 0 Å². The molecule has 0 saturated heterocycles. The molecule has 0 aliphatic carbocycles. The van der Waals surface area contributed by atoms with Gasteiger partial charge in [-0.1, -0.05) is 42.5 Å². The third kappa shape index (κ3) is 2.71. The highest BCUT2D eigenvalue weighted by atomic mass is 16.2. The predicted molar refractivity (Wildman–Crippen MR) is 79.7 cm³/mol. The molecule has 1 N–H and O–H groups in total. The number of fused-ring (bicyclic) bond motifs is 1. The summed E-state index contributed by atoms with van der Waals surface area (Å²) < 4.78 is 0. The van der Waals surface area contributed by atoms with Crippen LogP contribution in [-0.2, 0) is 6.42 Å². The molecule has 2 aromatic carbocycles. The fraction of sp³-hybridized carbons (Fsp3) is 0.176. The maximum atomic E-state index is 12.1. The van der Waals surface area contributed by atoms with Gasteiger partial charge in [0.25, 0.3) is 11.8 Å². The van der Waals surface area contributed by atoms with Crippen LogP contribution in [0.5, 0.6) is 0 Å². The Morgan fingerprint density at radius 3 is 2.00 bits per heavy atom. The Bertz CT molecular complexity index is 633. The summed E-state index contributed by atoms with van der Waals surface area (Å²) in [5, 5.41) is 1.12. The normalized spacial score (nSPS) is 13.6. The second-order valence-electron chi connectivity index (χ2n) is 4.99. The van der Waals surface area contributed by atoms with Crippen LogP contribution in [0.4, 0.5) is 0 Å². The van der Waals surface area contributed by atoms with Crippen molar-refractivity contribution in [3.05, 3.63) is 71.3 Å². The summed E-state index contributed by atoms with van der Waals surface area (Å²) in [6, 6.07) is 17.0. The summed E-state index contributed by atoms with van der Waals surface area (Å²) in [6.45, 7) is 0.584. The van der Waals surface area contributed by atoms with Crippen LogP contribution >= 0.6 is 0 Å². The fourth-order valence-electron chi connectivity index (χ4n) is 2.46. The minimum Gasteiger partial charge on any atom is -0.267 e. The van der Waals surface area contributed by atoms with Crippen LogP contribution in [0.15, 0.2) is 54.6 Å². The first-order chi connectivity index (χ1) is 10.3. The summed E-state index contributed by atoms with van der Waals surface area (Å²) in [5.74, 6) is -0.536. The van der Waals surface area contributed by atoms with Crippen molar-refractivity contribution in [3.63, 3.8) is 0 Å². The Hall–Kier alpha value is -2.46. The van der Waals surface area contributed by atoms with Gasteiger partial charge in [0.1, 0.15) is 0 Å². The summed E-state index contributed by atoms with van der Waals surface area (Å²) in [6.07, 6.45) is 1.77. The largest absolute Gasteiger partial charge is 0.276 e. The molecule has 106 valence electrons. The molecule has 0 atom stereocenters. The molecule has 3 rings (SSSR count). The van der Waals surface area contributed by atoms with Crippen LogP contribution in [0.3, 0.4) is 0 Å². The standard InChI is InChI=1S/C17H16N2O2/c20-16-14-10-4-5-11-15(14)17(21)19(16)18-12-6-9-13-7-2-1-3-8-13/h1-5,7-8,10-11,18H,6,9,12H2. The number of benzene rings is 2. The number of hydrazine groups is 1. The van der Waals surface area contributed by atoms with Gasteiger partial charge in [-0.2, -0.15) is 0 Å². The second-order valence-corrected chi connectivity index (χ2v) is 4.99. The van der Waals surface area contributed by atoms with Gasteiger partial charge in [-0.3, -0.25) is 9.59 Å². The van der Waals surface area contributed by atoms with Crippen molar-refractivity contribution in [1.82, 2.24) is 10.4 Å². The number of rotatable bonds is 5. The third-order valence-corrected chi connectivity index (χ3v) is 3.55. The van der Waals surface area contributed by atoms with Gasteiger partial charge in [0, 0.05) is 6.54 Å². The second kappa shape index (κ2) is 5.89. The highest BCUT2D eigenvalue weighted by molar-refractivity contribution is 6.20. The van der Waals surface area contributed by atoms with Crippen molar-refractivity contribution < 1.29 is 9.59 Å². The molecular weight excluding hydrogens is 264 g/mol. The number of imide groups is 1. The number of carbonyl (C=O) groups is 2. The van der Waals surface area contributed by atoms with E-state index in [1.54, 1.807) is 24.3 Å². The third-order valence-electron chi connectivity index (χ3n) is 3.55. The number of nitrogens with zero attached hydrogens (tertiary/aromatic N) is 1. The van der Waals surface area contributed by atoms with Gasteiger partial charge in [-0.15, -0.1) is 0 Å². The first-order valence-electron chi connectivity index (χ1n) is 7.02. The van der Waals surface area contributed by atoms with Crippen molar-refractivity contribution in [1.29, 1.82) is 0 Å². The van der Waals surface area contributed by atoms with Gasteiger partial charge in [0.2, 0.25) is 0 Å². The smallest absolute Gasteiger partial charge is 0.267 e. The van der Waals surface area contributed by atoms with Crippen LogP contribution in [0, 0.1) is 0 Å². The molecule has 4 nitrogen and oxygen atoms in total. The van der Waals surface area contributed by atoms with E-state index in [0.717, 1.165) is 17.9 Å². The quantitative estimate of drug-likeness (QED) is 0.676. The molecule has 1 heterocycles. The van der Waals surface area contributed by atoms with Crippen molar-refractivity contribution >= 4 is 11.8 Å². The summed E-state index contributed by atoms with van der Waals surface area (Å²) in [7, 11) is 0. The van der Waals surface area contributed by atoms with Crippen LogP contribution in [0.1, 0.15) is 32.7 Å². The lowest BCUT2D eigenvalue weighted by atomic mass is 10.1. The Morgan fingerprint density at radius 1 is 0.810 bits per heavy atom. The SMILES string of the molecule is O=C1c2ccccc2C(=O)N1NCCCc1ccccc1. The predicted octanol–water partition coefficient (Wildman–Crippen LogP) is 2.42. The summed E-state index contributed by atoms with van der Waals surface area (Å²) >= 11 is 0. The molecule has 1 aliphatic heterocycles. The summed E-state index contributed by atoms with van der Waals surface area (Å²) in [4.78, 5) is 24.2. The van der Waals surface area contributed by atoms with Gasteiger partial charge < -0.3 is 0 Å². The Kier molecular flexibility index (Phi) is 3.79. The molecule has 21 heavy (non-hydrogen) atoms. The molecule has 0 fully saturated rings. The van der Waals surface area contributed by atoms with E-state index in [0.29, 0.717) is 17.7 Å². The zero-order chi connectivity index (χ0) is 14.7. The molecule has 0 spiro atoms. The van der Waals surface area contributed by atoms with E-state index in [9.17, 15) is 9.59 Å². The van der Waals surface area contributed by atoms with Crippen molar-refractivity contribution in [3.8, 4) is 0 Å². The number of amides is 2. The molecule has 2 amide bonds. The first kappa shape index (κ1) is 13.5. The highest BCUT2D eigenvalue weighted by Crippen LogP contribution is 2.20. The highest BCUT2D eigenvalue weighted by Gasteiger charge is 2.34. The van der Waals surface area contributed by atoms with E-state index in [-0.39, 0.29) is 11.8 Å². The maximum Gasteiger partial charge on any atom is 0.276 e. The minimum atomic E-state index is -0.268. The molecule has 0 aromatic heterocycles. The van der Waals surface area contributed by atoms with Gasteiger partial charge in [-0.05, 0) is 30.5 Å². The van der Waals surface area contributed by atoms with Crippen molar-refractivity contribution in [2.75, 3.05) is 6.54 Å². The van der Waals surface area contributed by atoms with Crippen molar-refractivity contribution in [2.45, 2.75) is 12.8 Å². The van der Waals surface area contributed by atoms with Crippen molar-refractivity contribution in [2.24, 2.45) is 0 Å². The molecular formula is C17H16N2O2. The molecule has 0 saturated carbocycles. The van der Waals surface area contributed by atoms with E-state index in [1.807, 2.05) is 18.2 Å². The average Bonchev–Trinajstić information content (AvgIpc) is 2.77. The maximum absolute atomic E-state index is 12.1. The van der Waals surface area contributed by atoms with E-state index in [1.165, 1.54) is 5.56 Å². The lowest BCUT2D eigenvalue weighted by molar-refractivity contribution is 0.0567. The average molecular weight is 280 g/mol. The zero-order valence-electron chi connectivity index (χ0n) is 11.6. The number of carbonyl (C=O) groups excluding carboxylic acids is 2. The van der Waals surface area contributed by atoms with Crippen LogP contribution in [-0.4, -0.2) is 23.4 Å². The number of hydrogen-bond donors (Lipinski definition) is 1. The number of nitrogens with one attached hydrogen (secondary N) is 1. The fourth-order valence-corrected chi connectivity index (χ4v) is 2.46. The van der Waals surface area contributed by atoms with Crippen LogP contribution in [0.25, 0.3) is 0 Å². The lowest BCUT2D eigenvalue weighted by Gasteiger charge is -2.15. The molecule has 4 heteroatoms. The van der Waals surface area contributed by atoms with E-state index >= 15 is 0 Å². The van der Waals surface area contributed by atoms with Gasteiger partial charge in [0.05, 0.1) is 11.1 Å². The molecule has 0 radical (unpaired) electrons. The first-order valence-corrected chi connectivity index (χ1v) is 7.02. The van der Waals surface area contributed by atoms with Crippen LogP contribution in [0.2, 0.25) is 0 Å². The zero-order valence-corrected chi connectivity index (χ0v) is 11.6. The molecule has 2 aromatic rings. The lowest BCUT2D eigenvalue weighted by Crippen LogP contribution is -2.42. The minimum absolute atomic E-state index is 0.268. The van der Waals surface area contributed by atoms with E-state index in [4.69, 9.17) is 0 Å². The Labute approximate surface area is 123 Å². The van der Waals surface area contributed by atoms with Crippen LogP contribution < -0.4 is 5.43 Å². The Balaban J connectivity index is 1.55. The van der Waals surface area contributed by atoms with Gasteiger partial charge >= 0.3 is 0 Å². The summed E-state index contributed by atoms with van der Waals surface area (Å²) in [5.41, 5.74) is 5.12. The monoisotopic (exact) mass is 280 g/mol.